The number of rotatable bonds is 6. The third-order valence-corrected chi connectivity index (χ3v) is 3.79. The number of hydrogen-bond acceptors (Lipinski definition) is 2. The zero-order valence-electron chi connectivity index (χ0n) is 10.3. The van der Waals surface area contributed by atoms with Crippen molar-refractivity contribution >= 4 is 23.2 Å². The van der Waals surface area contributed by atoms with Gasteiger partial charge in [-0.2, -0.15) is 0 Å². The second kappa shape index (κ2) is 7.22. The molecule has 4 heteroatoms. The van der Waals surface area contributed by atoms with Crippen LogP contribution in [0.25, 0.3) is 0 Å². The van der Waals surface area contributed by atoms with Crippen molar-refractivity contribution in [2.75, 3.05) is 19.6 Å². The number of benzene rings is 1. The van der Waals surface area contributed by atoms with Crippen LogP contribution in [0.2, 0.25) is 10.0 Å². The van der Waals surface area contributed by atoms with E-state index >= 15 is 0 Å². The van der Waals surface area contributed by atoms with Gasteiger partial charge < -0.3 is 10.0 Å². The van der Waals surface area contributed by atoms with Crippen LogP contribution >= 0.6 is 23.2 Å². The average Bonchev–Trinajstić information content (AvgIpc) is 2.33. The van der Waals surface area contributed by atoms with Crippen molar-refractivity contribution in [3.8, 4) is 0 Å². The van der Waals surface area contributed by atoms with Crippen molar-refractivity contribution in [1.29, 1.82) is 0 Å². The molecule has 1 aromatic rings. The molecule has 1 N–H and O–H groups in total. The van der Waals surface area contributed by atoms with Gasteiger partial charge in [-0.1, -0.05) is 49.2 Å². The lowest BCUT2D eigenvalue weighted by atomic mass is 10.1. The van der Waals surface area contributed by atoms with Crippen molar-refractivity contribution in [3.05, 3.63) is 33.8 Å². The minimum atomic E-state index is -0.554. The summed E-state index contributed by atoms with van der Waals surface area (Å²) in [7, 11) is 0. The average molecular weight is 276 g/mol. The Kier molecular flexibility index (Phi) is 6.28. The first-order chi connectivity index (χ1) is 8.10. The molecule has 1 rings (SSSR count). The first-order valence-corrected chi connectivity index (χ1v) is 6.70. The van der Waals surface area contributed by atoms with Gasteiger partial charge in [0.2, 0.25) is 0 Å². The lowest BCUT2D eigenvalue weighted by Gasteiger charge is -2.20. The van der Waals surface area contributed by atoms with E-state index in [-0.39, 0.29) is 0 Å². The molecule has 0 saturated carbocycles. The molecule has 17 heavy (non-hydrogen) atoms. The maximum absolute atomic E-state index is 10.1. The molecule has 0 aromatic heterocycles. The van der Waals surface area contributed by atoms with Crippen molar-refractivity contribution in [2.45, 2.75) is 26.4 Å². The van der Waals surface area contributed by atoms with Gasteiger partial charge in [-0.05, 0) is 25.6 Å². The highest BCUT2D eigenvalue weighted by atomic mass is 35.5. The molecule has 2 nitrogen and oxygen atoms in total. The third kappa shape index (κ3) is 4.14. The minimum absolute atomic E-state index is 0.459. The van der Waals surface area contributed by atoms with Crippen LogP contribution in [0.5, 0.6) is 0 Å². The number of aliphatic hydroxyl groups is 1. The Hall–Kier alpha value is -0.280. The molecule has 1 atom stereocenters. The fraction of sp³-hybridized carbons (Fsp3) is 0.538. The highest BCUT2D eigenvalue weighted by Gasteiger charge is 2.14. The quantitative estimate of drug-likeness (QED) is 0.855. The van der Waals surface area contributed by atoms with Gasteiger partial charge in [-0.25, -0.2) is 0 Å². The Labute approximate surface area is 113 Å². The summed E-state index contributed by atoms with van der Waals surface area (Å²) in [5.74, 6) is 0. The predicted molar refractivity (Wildman–Crippen MR) is 73.8 cm³/mol. The molecule has 0 heterocycles. The van der Waals surface area contributed by atoms with Gasteiger partial charge in [-0.15, -0.1) is 0 Å². The first-order valence-electron chi connectivity index (χ1n) is 5.94. The van der Waals surface area contributed by atoms with E-state index in [1.54, 1.807) is 6.07 Å². The summed E-state index contributed by atoms with van der Waals surface area (Å²) >= 11 is 12.0. The summed E-state index contributed by atoms with van der Waals surface area (Å²) in [6.07, 6.45) is 0.115. The van der Waals surface area contributed by atoms with Crippen molar-refractivity contribution in [2.24, 2.45) is 0 Å². The topological polar surface area (TPSA) is 23.5 Å². The van der Waals surface area contributed by atoms with Crippen molar-refractivity contribution < 1.29 is 5.11 Å². The van der Waals surface area contributed by atoms with Gasteiger partial charge in [0.1, 0.15) is 0 Å². The van der Waals surface area contributed by atoms with E-state index in [4.69, 9.17) is 23.2 Å². The van der Waals surface area contributed by atoms with E-state index in [0.29, 0.717) is 22.0 Å². The molecule has 1 aromatic carbocycles. The highest BCUT2D eigenvalue weighted by molar-refractivity contribution is 6.42. The summed E-state index contributed by atoms with van der Waals surface area (Å²) < 4.78 is 0. The monoisotopic (exact) mass is 275 g/mol. The Morgan fingerprint density at radius 2 is 1.88 bits per heavy atom. The number of hydrogen-bond donors (Lipinski definition) is 1. The van der Waals surface area contributed by atoms with Crippen LogP contribution in [0.1, 0.15) is 31.9 Å². The fourth-order valence-electron chi connectivity index (χ4n) is 1.78. The number of halogens is 2. The lowest BCUT2D eigenvalue weighted by Crippen LogP contribution is -2.25. The van der Waals surface area contributed by atoms with E-state index in [1.807, 2.05) is 12.1 Å². The van der Waals surface area contributed by atoms with Gasteiger partial charge in [0.15, 0.2) is 0 Å². The van der Waals surface area contributed by atoms with E-state index in [0.717, 1.165) is 19.6 Å². The van der Waals surface area contributed by atoms with Crippen LogP contribution in [0.15, 0.2) is 18.2 Å². The predicted octanol–water partition coefficient (Wildman–Crippen LogP) is 3.76. The van der Waals surface area contributed by atoms with E-state index in [1.165, 1.54) is 0 Å². The Morgan fingerprint density at radius 3 is 2.47 bits per heavy atom. The zero-order chi connectivity index (χ0) is 12.8. The fourth-order valence-corrected chi connectivity index (χ4v) is 2.21. The molecule has 0 fully saturated rings. The Balaban J connectivity index is 2.63. The van der Waals surface area contributed by atoms with Crippen LogP contribution in [0.3, 0.4) is 0 Å². The zero-order valence-corrected chi connectivity index (χ0v) is 11.8. The highest BCUT2D eigenvalue weighted by Crippen LogP contribution is 2.31. The second-order valence-corrected chi connectivity index (χ2v) is 4.76. The number of nitrogens with zero attached hydrogens (tertiary/aromatic N) is 1. The maximum atomic E-state index is 10.1. The van der Waals surface area contributed by atoms with E-state index < -0.39 is 6.10 Å². The van der Waals surface area contributed by atoms with Crippen molar-refractivity contribution in [1.82, 2.24) is 4.90 Å². The molecular weight excluding hydrogens is 257 g/mol. The summed E-state index contributed by atoms with van der Waals surface area (Å²) in [4.78, 5) is 2.27. The normalized spacial score (nSPS) is 13.1. The van der Waals surface area contributed by atoms with Gasteiger partial charge in [0.25, 0.3) is 0 Å². The molecule has 0 aliphatic carbocycles. The molecule has 0 aliphatic rings. The second-order valence-electron chi connectivity index (χ2n) is 3.97. The van der Waals surface area contributed by atoms with Gasteiger partial charge in [0.05, 0.1) is 16.1 Å². The van der Waals surface area contributed by atoms with Crippen LogP contribution in [-0.2, 0) is 0 Å². The molecule has 0 bridgehead atoms. The summed E-state index contributed by atoms with van der Waals surface area (Å²) in [5, 5.41) is 11.0. The summed E-state index contributed by atoms with van der Waals surface area (Å²) in [6.45, 7) is 7.07. The van der Waals surface area contributed by atoms with Crippen LogP contribution in [0, 0.1) is 0 Å². The molecule has 96 valence electrons. The van der Waals surface area contributed by atoms with Crippen LogP contribution in [-0.4, -0.2) is 29.6 Å². The van der Waals surface area contributed by atoms with Gasteiger partial charge in [0, 0.05) is 12.1 Å². The number of aliphatic hydroxyl groups excluding tert-OH is 1. The van der Waals surface area contributed by atoms with Crippen LogP contribution in [0.4, 0.5) is 0 Å². The third-order valence-electron chi connectivity index (χ3n) is 2.95. The largest absolute Gasteiger partial charge is 0.388 e. The molecule has 0 amide bonds. The van der Waals surface area contributed by atoms with Gasteiger partial charge in [-0.3, -0.25) is 0 Å². The Morgan fingerprint density at radius 1 is 1.24 bits per heavy atom. The summed E-state index contributed by atoms with van der Waals surface area (Å²) in [5.41, 5.74) is 0.714. The molecular formula is C13H19Cl2NO. The maximum Gasteiger partial charge on any atom is 0.0817 e. The van der Waals surface area contributed by atoms with E-state index in [2.05, 4.69) is 18.7 Å². The molecule has 0 aliphatic heterocycles. The van der Waals surface area contributed by atoms with Crippen LogP contribution < -0.4 is 0 Å². The standard InChI is InChI=1S/C13H19Cl2NO/c1-3-16(4-2)9-8-12(17)10-6-5-7-11(14)13(10)15/h5-7,12,17H,3-4,8-9H2,1-2H3. The molecule has 1 unspecified atom stereocenters. The molecule has 0 spiro atoms. The molecule has 0 saturated heterocycles. The Bertz CT molecular complexity index is 353. The summed E-state index contributed by atoms with van der Waals surface area (Å²) in [6, 6.07) is 5.36. The minimum Gasteiger partial charge on any atom is -0.388 e. The van der Waals surface area contributed by atoms with Crippen molar-refractivity contribution in [3.63, 3.8) is 0 Å². The van der Waals surface area contributed by atoms with Gasteiger partial charge >= 0.3 is 0 Å². The van der Waals surface area contributed by atoms with E-state index in [9.17, 15) is 5.11 Å². The lowest BCUT2D eigenvalue weighted by molar-refractivity contribution is 0.145. The molecule has 0 radical (unpaired) electrons. The smallest absolute Gasteiger partial charge is 0.0817 e. The first kappa shape index (κ1) is 14.8. The SMILES string of the molecule is CCN(CC)CCC(O)c1cccc(Cl)c1Cl.